The second kappa shape index (κ2) is 8.69. The first kappa shape index (κ1) is 18.9. The molecule has 1 aliphatic rings. The lowest BCUT2D eigenvalue weighted by Crippen LogP contribution is -2.34. The lowest BCUT2D eigenvalue weighted by molar-refractivity contribution is -0.126. The van der Waals surface area contributed by atoms with Crippen LogP contribution in [0.25, 0.3) is 0 Å². The molecule has 4 rings (SSSR count). The Hall–Kier alpha value is -3.47. The van der Waals surface area contributed by atoms with Crippen molar-refractivity contribution in [1.29, 1.82) is 0 Å². The van der Waals surface area contributed by atoms with Crippen LogP contribution in [0.1, 0.15) is 17.5 Å². The number of anilines is 1. The number of carbonyl (C=O) groups excluding carboxylic acids is 2. The first-order valence-corrected chi connectivity index (χ1v) is 9.79. The standard InChI is InChI=1S/C24H23N3O2/c28-23(26-16-19-10-7-13-25-15-19)21-14-22(21)24(29)27(20-11-5-2-6-12-20)17-18-8-3-1-4-9-18/h1-13,15,21-22H,14,16-17H2,(H,26,28). The van der Waals surface area contributed by atoms with Crippen LogP contribution >= 0.6 is 0 Å². The highest BCUT2D eigenvalue weighted by Gasteiger charge is 2.49. The van der Waals surface area contributed by atoms with Gasteiger partial charge >= 0.3 is 0 Å². The van der Waals surface area contributed by atoms with E-state index in [0.29, 0.717) is 19.5 Å². The summed E-state index contributed by atoms with van der Waals surface area (Å²) in [6.07, 6.45) is 4.02. The predicted molar refractivity (Wildman–Crippen MR) is 112 cm³/mol. The summed E-state index contributed by atoms with van der Waals surface area (Å²) in [6, 6.07) is 23.3. The molecule has 1 fully saturated rings. The Morgan fingerprint density at radius 2 is 1.59 bits per heavy atom. The Morgan fingerprint density at radius 1 is 0.897 bits per heavy atom. The molecule has 1 saturated carbocycles. The van der Waals surface area contributed by atoms with Crippen LogP contribution in [0.3, 0.4) is 0 Å². The fourth-order valence-electron chi connectivity index (χ4n) is 3.45. The van der Waals surface area contributed by atoms with Crippen molar-refractivity contribution in [3.63, 3.8) is 0 Å². The highest BCUT2D eigenvalue weighted by molar-refractivity contribution is 6.01. The van der Waals surface area contributed by atoms with Crippen LogP contribution in [-0.4, -0.2) is 16.8 Å². The summed E-state index contributed by atoms with van der Waals surface area (Å²) in [5.41, 5.74) is 2.85. The zero-order valence-electron chi connectivity index (χ0n) is 16.1. The van der Waals surface area contributed by atoms with E-state index in [1.165, 1.54) is 0 Å². The lowest BCUT2D eigenvalue weighted by atomic mass is 10.1. The fraction of sp³-hybridized carbons (Fsp3) is 0.208. The topological polar surface area (TPSA) is 62.3 Å². The van der Waals surface area contributed by atoms with Crippen molar-refractivity contribution in [2.45, 2.75) is 19.5 Å². The van der Waals surface area contributed by atoms with Crippen molar-refractivity contribution < 1.29 is 9.59 Å². The number of rotatable bonds is 7. The molecule has 2 unspecified atom stereocenters. The summed E-state index contributed by atoms with van der Waals surface area (Å²) >= 11 is 0. The van der Waals surface area contributed by atoms with Gasteiger partial charge in [0.05, 0.1) is 18.4 Å². The van der Waals surface area contributed by atoms with E-state index in [-0.39, 0.29) is 23.7 Å². The van der Waals surface area contributed by atoms with Gasteiger partial charge in [0.2, 0.25) is 11.8 Å². The zero-order valence-corrected chi connectivity index (χ0v) is 16.1. The van der Waals surface area contributed by atoms with Crippen LogP contribution in [0.2, 0.25) is 0 Å². The van der Waals surface area contributed by atoms with Gasteiger partial charge in [-0.1, -0.05) is 54.6 Å². The normalized spacial score (nSPS) is 17.4. The predicted octanol–water partition coefficient (Wildman–Crippen LogP) is 3.57. The van der Waals surface area contributed by atoms with E-state index >= 15 is 0 Å². The number of aromatic nitrogens is 1. The Labute approximate surface area is 170 Å². The summed E-state index contributed by atoms with van der Waals surface area (Å²) in [6.45, 7) is 0.917. The Balaban J connectivity index is 1.42. The number of nitrogens with one attached hydrogen (secondary N) is 1. The summed E-state index contributed by atoms with van der Waals surface area (Å²) < 4.78 is 0. The van der Waals surface area contributed by atoms with Crippen LogP contribution in [0, 0.1) is 11.8 Å². The van der Waals surface area contributed by atoms with Gasteiger partial charge in [-0.05, 0) is 35.7 Å². The third kappa shape index (κ3) is 4.69. The van der Waals surface area contributed by atoms with Gasteiger partial charge in [-0.15, -0.1) is 0 Å². The molecular weight excluding hydrogens is 362 g/mol. The molecule has 2 atom stereocenters. The van der Waals surface area contributed by atoms with E-state index < -0.39 is 0 Å². The maximum absolute atomic E-state index is 13.2. The highest BCUT2D eigenvalue weighted by atomic mass is 16.2. The van der Waals surface area contributed by atoms with Crippen LogP contribution < -0.4 is 10.2 Å². The summed E-state index contributed by atoms with van der Waals surface area (Å²) in [5, 5.41) is 2.92. The molecule has 1 N–H and O–H groups in total. The summed E-state index contributed by atoms with van der Waals surface area (Å²) in [7, 11) is 0. The number of pyridine rings is 1. The molecule has 0 aliphatic heterocycles. The maximum atomic E-state index is 13.2. The van der Waals surface area contributed by atoms with Crippen molar-refractivity contribution in [1.82, 2.24) is 10.3 Å². The van der Waals surface area contributed by atoms with E-state index in [1.54, 1.807) is 17.3 Å². The largest absolute Gasteiger partial charge is 0.352 e. The van der Waals surface area contributed by atoms with Gasteiger partial charge in [0, 0.05) is 24.6 Å². The quantitative estimate of drug-likeness (QED) is 0.676. The van der Waals surface area contributed by atoms with E-state index in [1.807, 2.05) is 72.8 Å². The summed E-state index contributed by atoms with van der Waals surface area (Å²) in [4.78, 5) is 31.6. The maximum Gasteiger partial charge on any atom is 0.231 e. The molecule has 1 aliphatic carbocycles. The Morgan fingerprint density at radius 3 is 2.28 bits per heavy atom. The van der Waals surface area contributed by atoms with Gasteiger partial charge in [-0.3, -0.25) is 14.6 Å². The van der Waals surface area contributed by atoms with Crippen LogP contribution in [-0.2, 0) is 22.7 Å². The molecule has 5 heteroatoms. The van der Waals surface area contributed by atoms with Crippen LogP contribution in [0.15, 0.2) is 85.2 Å². The zero-order chi connectivity index (χ0) is 20.1. The number of benzene rings is 2. The fourth-order valence-corrected chi connectivity index (χ4v) is 3.45. The van der Waals surface area contributed by atoms with Gasteiger partial charge in [0.25, 0.3) is 0 Å². The number of hydrogen-bond donors (Lipinski definition) is 1. The van der Waals surface area contributed by atoms with Gasteiger partial charge in [-0.25, -0.2) is 0 Å². The molecule has 3 aromatic rings. The molecule has 29 heavy (non-hydrogen) atoms. The minimum atomic E-state index is -0.271. The van der Waals surface area contributed by atoms with Gasteiger partial charge < -0.3 is 10.2 Å². The van der Waals surface area contributed by atoms with Crippen molar-refractivity contribution in [3.8, 4) is 0 Å². The van der Waals surface area contributed by atoms with Crippen molar-refractivity contribution in [3.05, 3.63) is 96.3 Å². The smallest absolute Gasteiger partial charge is 0.231 e. The number of nitrogens with zero attached hydrogens (tertiary/aromatic N) is 2. The molecule has 0 saturated heterocycles. The average molecular weight is 385 g/mol. The minimum absolute atomic E-state index is 0.00146. The van der Waals surface area contributed by atoms with Gasteiger partial charge in [0.15, 0.2) is 0 Å². The third-order valence-electron chi connectivity index (χ3n) is 5.15. The second-order valence-electron chi connectivity index (χ2n) is 7.27. The van der Waals surface area contributed by atoms with E-state index in [0.717, 1.165) is 16.8 Å². The molecule has 5 nitrogen and oxygen atoms in total. The van der Waals surface area contributed by atoms with Crippen molar-refractivity contribution in [2.24, 2.45) is 11.8 Å². The molecular formula is C24H23N3O2. The number of amides is 2. The molecule has 1 aromatic heterocycles. The van der Waals surface area contributed by atoms with E-state index in [4.69, 9.17) is 0 Å². The minimum Gasteiger partial charge on any atom is -0.352 e. The lowest BCUT2D eigenvalue weighted by Gasteiger charge is -2.23. The third-order valence-corrected chi connectivity index (χ3v) is 5.15. The van der Waals surface area contributed by atoms with E-state index in [9.17, 15) is 9.59 Å². The molecule has 0 spiro atoms. The SMILES string of the molecule is O=C(NCc1cccnc1)C1CC1C(=O)N(Cc1ccccc1)c1ccccc1. The summed E-state index contributed by atoms with van der Waals surface area (Å²) in [5.74, 6) is -0.601. The first-order chi connectivity index (χ1) is 14.2. The molecule has 1 heterocycles. The number of hydrogen-bond acceptors (Lipinski definition) is 3. The molecule has 2 amide bonds. The molecule has 0 radical (unpaired) electrons. The van der Waals surface area contributed by atoms with Crippen LogP contribution in [0.4, 0.5) is 5.69 Å². The van der Waals surface area contributed by atoms with Gasteiger partial charge in [0.1, 0.15) is 0 Å². The molecule has 2 aromatic carbocycles. The second-order valence-corrected chi connectivity index (χ2v) is 7.27. The number of para-hydroxylation sites is 1. The highest BCUT2D eigenvalue weighted by Crippen LogP contribution is 2.41. The monoisotopic (exact) mass is 385 g/mol. The van der Waals surface area contributed by atoms with Crippen molar-refractivity contribution in [2.75, 3.05) is 4.90 Å². The average Bonchev–Trinajstić information content (AvgIpc) is 3.58. The number of carbonyl (C=O) groups is 2. The van der Waals surface area contributed by atoms with Crippen LogP contribution in [0.5, 0.6) is 0 Å². The molecule has 0 bridgehead atoms. The Bertz CT molecular complexity index is 961. The molecule has 146 valence electrons. The van der Waals surface area contributed by atoms with E-state index in [2.05, 4.69) is 10.3 Å². The van der Waals surface area contributed by atoms with Gasteiger partial charge in [-0.2, -0.15) is 0 Å². The first-order valence-electron chi connectivity index (χ1n) is 9.79. The van der Waals surface area contributed by atoms with Crippen molar-refractivity contribution >= 4 is 17.5 Å². The Kier molecular flexibility index (Phi) is 5.66.